The highest BCUT2D eigenvalue weighted by Gasteiger charge is 1.63. The highest BCUT2D eigenvalue weighted by molar-refractivity contribution is 4.48. The minimum atomic E-state index is 1.34. The second kappa shape index (κ2) is 1.40. The average Bonchev–Trinajstić information content (AvgIpc) is 1.72. The molecule has 1 heterocycles. The van der Waals surface area contributed by atoms with Gasteiger partial charge in [-0.3, -0.25) is 0 Å². The molecule has 4 heteroatoms. The molecule has 0 aliphatic rings. The zero-order chi connectivity index (χ0) is 4.24. The molecular weight excluding hydrogens is 80.0 g/mol. The van der Waals surface area contributed by atoms with Crippen LogP contribution in [0.1, 0.15) is 0 Å². The summed E-state index contributed by atoms with van der Waals surface area (Å²) in [6.45, 7) is 0. The first-order valence-electron chi connectivity index (χ1n) is 1.37. The van der Waals surface area contributed by atoms with Crippen molar-refractivity contribution in [3.63, 3.8) is 0 Å². The Balaban J connectivity index is 3.00. The lowest BCUT2D eigenvalue weighted by atomic mass is 11.0. The Morgan fingerprint density at radius 1 is 1.33 bits per heavy atom. The van der Waals surface area contributed by atoms with Crippen LogP contribution in [0.15, 0.2) is 6.20 Å². The predicted molar refractivity (Wildman–Crippen MR) is 16.5 cm³/mol. The van der Waals surface area contributed by atoms with E-state index in [4.69, 9.17) is 0 Å². The van der Waals surface area contributed by atoms with Crippen molar-refractivity contribution in [2.75, 3.05) is 0 Å². The first-order chi connectivity index (χ1) is 3.00. The Labute approximate surface area is 34.2 Å². The van der Waals surface area contributed by atoms with Gasteiger partial charge in [0.05, 0.1) is 6.20 Å². The molecular formula is C2HN4. The fourth-order valence-corrected chi connectivity index (χ4v) is 0.146. The maximum atomic E-state index is 3.31. The van der Waals surface area contributed by atoms with Crippen molar-refractivity contribution in [3.05, 3.63) is 12.4 Å². The van der Waals surface area contributed by atoms with Crippen molar-refractivity contribution in [1.29, 1.82) is 0 Å². The Bertz CT molecular complexity index is 77.5. The van der Waals surface area contributed by atoms with Gasteiger partial charge in [-0.25, -0.2) is 0 Å². The number of aromatic nitrogens is 4. The van der Waals surface area contributed by atoms with Gasteiger partial charge in [0.1, 0.15) is 6.20 Å². The van der Waals surface area contributed by atoms with Gasteiger partial charge in [0.2, 0.25) is 0 Å². The minimum absolute atomic E-state index is 1.34. The molecule has 4 nitrogen and oxygen atoms in total. The zero-order valence-electron chi connectivity index (χ0n) is 2.87. The van der Waals surface area contributed by atoms with E-state index >= 15 is 0 Å². The van der Waals surface area contributed by atoms with Crippen LogP contribution >= 0.6 is 0 Å². The fraction of sp³-hybridized carbons (Fsp3) is 0. The third-order valence-electron chi connectivity index (χ3n) is 0.310. The standard InChI is InChI=1S/C2HN4/c1-2-4-6-5-3-1/h1H. The number of nitrogens with zero attached hydrogens (tertiary/aromatic N) is 4. The first kappa shape index (κ1) is 3.14. The van der Waals surface area contributed by atoms with E-state index in [-0.39, 0.29) is 0 Å². The van der Waals surface area contributed by atoms with Crippen LogP contribution in [0, 0.1) is 6.20 Å². The molecule has 6 heavy (non-hydrogen) atoms. The number of rotatable bonds is 0. The van der Waals surface area contributed by atoms with Gasteiger partial charge in [0.25, 0.3) is 0 Å². The molecule has 0 saturated heterocycles. The van der Waals surface area contributed by atoms with Gasteiger partial charge < -0.3 is 0 Å². The van der Waals surface area contributed by atoms with Crippen LogP contribution in [0.3, 0.4) is 0 Å². The average molecular weight is 81.1 g/mol. The Morgan fingerprint density at radius 3 is 2.50 bits per heavy atom. The van der Waals surface area contributed by atoms with Gasteiger partial charge in [-0.1, -0.05) is 0 Å². The van der Waals surface area contributed by atoms with Gasteiger partial charge in [-0.2, -0.15) is 0 Å². The Morgan fingerprint density at radius 2 is 2.33 bits per heavy atom. The molecule has 0 N–H and O–H groups in total. The van der Waals surface area contributed by atoms with E-state index in [2.05, 4.69) is 26.8 Å². The summed E-state index contributed by atoms with van der Waals surface area (Å²) in [7, 11) is 0. The summed E-state index contributed by atoms with van der Waals surface area (Å²) in [5.74, 6) is 0. The van der Waals surface area contributed by atoms with Gasteiger partial charge in [0.15, 0.2) is 0 Å². The SMILES string of the molecule is [c]1cnnnn1. The molecule has 1 aromatic rings. The molecule has 0 saturated carbocycles. The van der Waals surface area contributed by atoms with Crippen molar-refractivity contribution in [2.45, 2.75) is 0 Å². The summed E-state index contributed by atoms with van der Waals surface area (Å²) in [6, 6.07) is 0. The largest absolute Gasteiger partial charge is 0.137 e. The molecule has 0 atom stereocenters. The molecule has 1 aromatic heterocycles. The molecule has 0 aliphatic heterocycles. The summed E-state index contributed by atoms with van der Waals surface area (Å²) in [6.07, 6.45) is 3.70. The van der Waals surface area contributed by atoms with Crippen molar-refractivity contribution in [3.8, 4) is 0 Å². The lowest BCUT2D eigenvalue weighted by molar-refractivity contribution is 0.757. The summed E-state index contributed by atoms with van der Waals surface area (Å²) in [5, 5.41) is 12.8. The molecule has 0 aliphatic carbocycles. The summed E-state index contributed by atoms with van der Waals surface area (Å²) in [5.41, 5.74) is 0. The maximum Gasteiger partial charge on any atom is 0.137 e. The van der Waals surface area contributed by atoms with Crippen LogP contribution in [0.25, 0.3) is 0 Å². The monoisotopic (exact) mass is 81.0 g/mol. The molecule has 0 spiro atoms. The minimum Gasteiger partial charge on any atom is -0.135 e. The van der Waals surface area contributed by atoms with Crippen LogP contribution < -0.4 is 0 Å². The summed E-state index contributed by atoms with van der Waals surface area (Å²) < 4.78 is 0. The van der Waals surface area contributed by atoms with Gasteiger partial charge in [-0.15, -0.1) is 10.2 Å². The van der Waals surface area contributed by atoms with Crippen LogP contribution in [-0.2, 0) is 0 Å². The van der Waals surface area contributed by atoms with Gasteiger partial charge in [-0.05, 0) is 10.4 Å². The van der Waals surface area contributed by atoms with Crippen molar-refractivity contribution >= 4 is 0 Å². The van der Waals surface area contributed by atoms with Crippen LogP contribution in [-0.4, -0.2) is 20.6 Å². The van der Waals surface area contributed by atoms with Crippen molar-refractivity contribution in [2.24, 2.45) is 0 Å². The van der Waals surface area contributed by atoms with Crippen LogP contribution in [0.4, 0.5) is 0 Å². The lowest BCUT2D eigenvalue weighted by Gasteiger charge is -1.65. The molecule has 0 amide bonds. The second-order valence-electron chi connectivity index (χ2n) is 0.653. The van der Waals surface area contributed by atoms with Crippen LogP contribution in [0.2, 0.25) is 0 Å². The first-order valence-corrected chi connectivity index (χ1v) is 1.37. The summed E-state index contributed by atoms with van der Waals surface area (Å²) >= 11 is 0. The molecule has 0 aromatic carbocycles. The molecule has 0 unspecified atom stereocenters. The fourth-order valence-electron chi connectivity index (χ4n) is 0.146. The highest BCUT2D eigenvalue weighted by Crippen LogP contribution is 1.51. The van der Waals surface area contributed by atoms with Gasteiger partial charge >= 0.3 is 0 Å². The van der Waals surface area contributed by atoms with E-state index in [0.29, 0.717) is 0 Å². The number of hydrogen-bond acceptors (Lipinski definition) is 4. The smallest absolute Gasteiger partial charge is 0.135 e. The van der Waals surface area contributed by atoms with Crippen molar-refractivity contribution in [1.82, 2.24) is 20.6 Å². The van der Waals surface area contributed by atoms with E-state index in [0.717, 1.165) is 0 Å². The zero-order valence-corrected chi connectivity index (χ0v) is 2.87. The highest BCUT2D eigenvalue weighted by atomic mass is 15.4. The Hall–Kier alpha value is -1.06. The second-order valence-corrected chi connectivity index (χ2v) is 0.653. The molecule has 1 rings (SSSR count). The van der Waals surface area contributed by atoms with Crippen LogP contribution in [0.5, 0.6) is 0 Å². The normalized spacial score (nSPS) is 8.00. The Kier molecular flexibility index (Phi) is 0.731. The maximum absolute atomic E-state index is 3.31. The molecule has 0 bridgehead atoms. The summed E-state index contributed by atoms with van der Waals surface area (Å²) in [4.78, 5) is 0. The molecule has 29 valence electrons. The number of hydrogen-bond donors (Lipinski definition) is 0. The lowest BCUT2D eigenvalue weighted by Crippen LogP contribution is -1.85. The quantitative estimate of drug-likeness (QED) is 0.404. The van der Waals surface area contributed by atoms with E-state index < -0.39 is 0 Å². The van der Waals surface area contributed by atoms with Crippen molar-refractivity contribution < 1.29 is 0 Å². The molecule has 1 radical (unpaired) electrons. The van der Waals surface area contributed by atoms with E-state index in [1.54, 1.807) is 0 Å². The van der Waals surface area contributed by atoms with E-state index in [1.165, 1.54) is 6.20 Å². The van der Waals surface area contributed by atoms with E-state index in [9.17, 15) is 0 Å². The van der Waals surface area contributed by atoms with Gasteiger partial charge in [0, 0.05) is 0 Å². The topological polar surface area (TPSA) is 51.6 Å². The molecule has 0 fully saturated rings. The third-order valence-corrected chi connectivity index (χ3v) is 0.310. The van der Waals surface area contributed by atoms with E-state index in [1.807, 2.05) is 0 Å². The predicted octanol–water partition coefficient (Wildman–Crippen LogP) is -0.933. The third kappa shape index (κ3) is 0.453.